The largest absolute Gasteiger partial charge is 0.353 e. The van der Waals surface area contributed by atoms with E-state index in [-0.39, 0.29) is 29.8 Å². The minimum Gasteiger partial charge on any atom is -0.353 e. The standard InChI is InChI=1S/C19H31N5O2/c1-12(2)20-18(25)13(3)23-7-9-24(10-8-23)19(26)15-5-6-16-17(11-15)22-14(4)21-16/h12-13,15H,5-11H2,1-4H3,(H,20,25)(H,21,22). The van der Waals surface area contributed by atoms with Crippen molar-refractivity contribution in [2.75, 3.05) is 26.2 Å². The van der Waals surface area contributed by atoms with E-state index in [0.29, 0.717) is 13.1 Å². The van der Waals surface area contributed by atoms with E-state index in [1.807, 2.05) is 32.6 Å². The summed E-state index contributed by atoms with van der Waals surface area (Å²) >= 11 is 0. The molecule has 2 N–H and O–H groups in total. The quantitative estimate of drug-likeness (QED) is 0.834. The number of hydrogen-bond donors (Lipinski definition) is 2. The molecule has 1 fully saturated rings. The Morgan fingerprint density at radius 2 is 1.88 bits per heavy atom. The number of fused-ring (bicyclic) bond motifs is 1. The normalized spacial score (nSPS) is 22.2. The molecule has 0 spiro atoms. The molecular formula is C19H31N5O2. The van der Waals surface area contributed by atoms with Gasteiger partial charge in [0.05, 0.1) is 11.7 Å². The summed E-state index contributed by atoms with van der Waals surface area (Å²) < 4.78 is 0. The lowest BCUT2D eigenvalue weighted by atomic mass is 9.88. The molecule has 0 radical (unpaired) electrons. The van der Waals surface area contributed by atoms with Crippen molar-refractivity contribution in [2.24, 2.45) is 5.92 Å². The minimum absolute atomic E-state index is 0.0514. The summed E-state index contributed by atoms with van der Waals surface area (Å²) in [6.45, 7) is 10.7. The summed E-state index contributed by atoms with van der Waals surface area (Å²) in [7, 11) is 0. The Morgan fingerprint density at radius 1 is 1.19 bits per heavy atom. The molecule has 1 aliphatic carbocycles. The van der Waals surface area contributed by atoms with Crippen LogP contribution in [-0.4, -0.2) is 69.8 Å². The van der Waals surface area contributed by atoms with E-state index in [9.17, 15) is 9.59 Å². The number of rotatable bonds is 4. The molecule has 0 saturated carbocycles. The lowest BCUT2D eigenvalue weighted by molar-refractivity contribution is -0.138. The zero-order valence-electron chi connectivity index (χ0n) is 16.3. The van der Waals surface area contributed by atoms with Gasteiger partial charge in [0.25, 0.3) is 0 Å². The molecule has 2 unspecified atom stereocenters. The van der Waals surface area contributed by atoms with Gasteiger partial charge in [-0.1, -0.05) is 0 Å². The fourth-order valence-electron chi connectivity index (χ4n) is 3.99. The van der Waals surface area contributed by atoms with Crippen molar-refractivity contribution in [3.63, 3.8) is 0 Å². The first-order valence-electron chi connectivity index (χ1n) is 9.72. The highest BCUT2D eigenvalue weighted by Gasteiger charge is 2.33. The van der Waals surface area contributed by atoms with Crippen LogP contribution in [-0.2, 0) is 22.4 Å². The second-order valence-corrected chi connectivity index (χ2v) is 7.89. The van der Waals surface area contributed by atoms with Gasteiger partial charge >= 0.3 is 0 Å². The van der Waals surface area contributed by atoms with E-state index in [1.165, 1.54) is 0 Å². The Hall–Kier alpha value is -1.89. The van der Waals surface area contributed by atoms with Gasteiger partial charge in [-0.3, -0.25) is 14.5 Å². The number of carbonyl (C=O) groups excluding carboxylic acids is 2. The SMILES string of the molecule is Cc1nc2c([nH]1)CC(C(=O)N1CCN(C(C)C(=O)NC(C)C)CC1)CC2. The molecule has 2 aliphatic rings. The molecule has 2 amide bonds. The number of H-pyrrole nitrogens is 1. The van der Waals surface area contributed by atoms with Crippen molar-refractivity contribution in [3.8, 4) is 0 Å². The number of carbonyl (C=O) groups is 2. The van der Waals surface area contributed by atoms with Crippen LogP contribution in [0.15, 0.2) is 0 Å². The first-order chi connectivity index (χ1) is 12.3. The molecule has 2 heterocycles. The van der Waals surface area contributed by atoms with Crippen molar-refractivity contribution in [3.05, 3.63) is 17.2 Å². The van der Waals surface area contributed by atoms with Crippen molar-refractivity contribution >= 4 is 11.8 Å². The Labute approximate surface area is 155 Å². The van der Waals surface area contributed by atoms with E-state index in [1.54, 1.807) is 0 Å². The van der Waals surface area contributed by atoms with E-state index in [4.69, 9.17) is 0 Å². The number of aryl methyl sites for hydroxylation is 2. The fourth-order valence-corrected chi connectivity index (χ4v) is 3.99. The zero-order chi connectivity index (χ0) is 18.8. The van der Waals surface area contributed by atoms with Gasteiger partial charge in [0, 0.05) is 50.3 Å². The number of hydrogen-bond acceptors (Lipinski definition) is 4. The van der Waals surface area contributed by atoms with Crippen LogP contribution in [0.4, 0.5) is 0 Å². The van der Waals surface area contributed by atoms with Crippen molar-refractivity contribution in [1.82, 2.24) is 25.1 Å². The van der Waals surface area contributed by atoms with Crippen LogP contribution in [0.1, 0.15) is 44.4 Å². The average Bonchev–Trinajstić information content (AvgIpc) is 2.99. The molecule has 7 heteroatoms. The van der Waals surface area contributed by atoms with Gasteiger partial charge < -0.3 is 15.2 Å². The number of amides is 2. The molecule has 1 aliphatic heterocycles. The number of nitrogens with one attached hydrogen (secondary N) is 2. The zero-order valence-corrected chi connectivity index (χ0v) is 16.3. The Balaban J connectivity index is 1.52. The van der Waals surface area contributed by atoms with Crippen LogP contribution in [0, 0.1) is 12.8 Å². The number of piperazine rings is 1. The number of imidazole rings is 1. The lowest BCUT2D eigenvalue weighted by Crippen LogP contribution is -2.56. The second-order valence-electron chi connectivity index (χ2n) is 7.89. The highest BCUT2D eigenvalue weighted by Crippen LogP contribution is 2.26. The van der Waals surface area contributed by atoms with Crippen LogP contribution >= 0.6 is 0 Å². The van der Waals surface area contributed by atoms with Gasteiger partial charge in [-0.05, 0) is 40.5 Å². The summed E-state index contributed by atoms with van der Waals surface area (Å²) in [6.07, 6.45) is 2.52. The third kappa shape index (κ3) is 4.09. The van der Waals surface area contributed by atoms with Crippen molar-refractivity contribution < 1.29 is 9.59 Å². The molecule has 7 nitrogen and oxygen atoms in total. The maximum atomic E-state index is 12.9. The highest BCUT2D eigenvalue weighted by molar-refractivity contribution is 5.82. The van der Waals surface area contributed by atoms with Crippen LogP contribution in [0.2, 0.25) is 0 Å². The van der Waals surface area contributed by atoms with E-state index in [2.05, 4.69) is 20.2 Å². The Kier molecular flexibility index (Phi) is 5.65. The van der Waals surface area contributed by atoms with Crippen molar-refractivity contribution in [2.45, 2.75) is 59.0 Å². The van der Waals surface area contributed by atoms with Crippen LogP contribution in [0.25, 0.3) is 0 Å². The summed E-state index contributed by atoms with van der Waals surface area (Å²) in [6, 6.07) is -0.00464. The summed E-state index contributed by atoms with van der Waals surface area (Å²) in [4.78, 5) is 37.0. The van der Waals surface area contributed by atoms with E-state index >= 15 is 0 Å². The van der Waals surface area contributed by atoms with E-state index in [0.717, 1.165) is 49.6 Å². The smallest absolute Gasteiger partial charge is 0.237 e. The maximum Gasteiger partial charge on any atom is 0.237 e. The number of aromatic amines is 1. The third-order valence-electron chi connectivity index (χ3n) is 5.50. The molecule has 1 aromatic rings. The Morgan fingerprint density at radius 3 is 2.54 bits per heavy atom. The second kappa shape index (κ2) is 7.78. The Bertz CT molecular complexity index is 661. The van der Waals surface area contributed by atoms with Crippen LogP contribution < -0.4 is 5.32 Å². The fraction of sp³-hybridized carbons (Fsp3) is 0.737. The van der Waals surface area contributed by atoms with Gasteiger partial charge in [0.1, 0.15) is 5.82 Å². The summed E-state index contributed by atoms with van der Waals surface area (Å²) in [5.41, 5.74) is 2.26. The summed E-state index contributed by atoms with van der Waals surface area (Å²) in [5, 5.41) is 2.97. The van der Waals surface area contributed by atoms with Gasteiger partial charge in [-0.2, -0.15) is 0 Å². The first kappa shape index (κ1) is 18.9. The van der Waals surface area contributed by atoms with Crippen LogP contribution in [0.3, 0.4) is 0 Å². The van der Waals surface area contributed by atoms with Gasteiger partial charge in [-0.25, -0.2) is 4.98 Å². The highest BCUT2D eigenvalue weighted by atomic mass is 16.2. The molecule has 0 bridgehead atoms. The maximum absolute atomic E-state index is 12.9. The molecule has 0 aromatic carbocycles. The molecule has 2 atom stereocenters. The van der Waals surface area contributed by atoms with Gasteiger partial charge in [0.15, 0.2) is 0 Å². The number of nitrogens with zero attached hydrogens (tertiary/aromatic N) is 3. The van der Waals surface area contributed by atoms with Gasteiger partial charge in [0.2, 0.25) is 11.8 Å². The number of aromatic nitrogens is 2. The molecule has 1 saturated heterocycles. The first-order valence-corrected chi connectivity index (χ1v) is 9.72. The molecule has 3 rings (SSSR count). The predicted octanol–water partition coefficient (Wildman–Crippen LogP) is 0.880. The minimum atomic E-state index is -0.153. The van der Waals surface area contributed by atoms with Crippen LogP contribution in [0.5, 0.6) is 0 Å². The topological polar surface area (TPSA) is 81.3 Å². The molecule has 26 heavy (non-hydrogen) atoms. The third-order valence-corrected chi connectivity index (χ3v) is 5.50. The lowest BCUT2D eigenvalue weighted by Gasteiger charge is -2.39. The van der Waals surface area contributed by atoms with Gasteiger partial charge in [-0.15, -0.1) is 0 Å². The van der Waals surface area contributed by atoms with Crippen molar-refractivity contribution in [1.29, 1.82) is 0 Å². The molecular weight excluding hydrogens is 330 g/mol. The monoisotopic (exact) mass is 361 g/mol. The summed E-state index contributed by atoms with van der Waals surface area (Å²) in [5.74, 6) is 1.30. The average molecular weight is 361 g/mol. The predicted molar refractivity (Wildman–Crippen MR) is 99.7 cm³/mol. The molecule has 144 valence electrons. The molecule has 1 aromatic heterocycles. The van der Waals surface area contributed by atoms with E-state index < -0.39 is 0 Å².